The quantitative estimate of drug-likeness (QED) is 0.0690. The molecule has 3 N–H and O–H groups in total. The zero-order valence-corrected chi connectivity index (χ0v) is 30.8. The molecule has 222 valence electrons. The second-order valence-electron chi connectivity index (χ2n) is 5.95. The van der Waals surface area contributed by atoms with Gasteiger partial charge < -0.3 is 45.0 Å². The Labute approximate surface area is 342 Å². The Bertz CT molecular complexity index is 755. The molecule has 0 bridgehead atoms. The van der Waals surface area contributed by atoms with E-state index in [2.05, 4.69) is 29.3 Å². The first-order chi connectivity index (χ1) is 18.1. The van der Waals surface area contributed by atoms with Gasteiger partial charge in [-0.25, -0.2) is 28.8 Å². The monoisotopic (exact) mass is 674 g/mol. The van der Waals surface area contributed by atoms with Gasteiger partial charge in [0.2, 0.25) is 0 Å². The first-order valence-corrected chi connectivity index (χ1v) is 9.78. The molecule has 0 aliphatic rings. The summed E-state index contributed by atoms with van der Waals surface area (Å²) in [5.41, 5.74) is 0. The maximum absolute atomic E-state index is 10.5. The topological polar surface area (TPSA) is 339 Å². The standard InChI is InChI=1S/3C6H8O7.2K.Na/c3*7-4(8)1-2-6(11)13-12-3-5(9)10;;;/h3*1-3H2,(H,7,8)(H,9,10);;;/q;;;3*+1/p-3. The van der Waals surface area contributed by atoms with E-state index in [9.17, 15) is 58.5 Å². The van der Waals surface area contributed by atoms with Gasteiger partial charge in [-0.05, 0) is 19.3 Å². The first-order valence-electron chi connectivity index (χ1n) is 9.78. The van der Waals surface area contributed by atoms with Crippen LogP contribution in [0.2, 0.25) is 0 Å². The van der Waals surface area contributed by atoms with Gasteiger partial charge in [0.25, 0.3) is 0 Å². The van der Waals surface area contributed by atoms with E-state index < -0.39 is 112 Å². The van der Waals surface area contributed by atoms with Gasteiger partial charge in [0, 0.05) is 17.9 Å². The van der Waals surface area contributed by atoms with Gasteiger partial charge in [-0.2, -0.15) is 14.7 Å². The van der Waals surface area contributed by atoms with Crippen molar-refractivity contribution in [2.75, 3.05) is 19.8 Å². The average Bonchev–Trinajstić information content (AvgIpc) is 2.80. The van der Waals surface area contributed by atoms with Gasteiger partial charge in [0.15, 0.2) is 19.8 Å². The molecule has 0 fully saturated rings. The molecule has 21 nitrogen and oxygen atoms in total. The van der Waals surface area contributed by atoms with Crippen LogP contribution in [-0.4, -0.2) is 88.9 Å². The van der Waals surface area contributed by atoms with E-state index >= 15 is 0 Å². The van der Waals surface area contributed by atoms with E-state index in [0.717, 1.165) is 0 Å². The van der Waals surface area contributed by atoms with Gasteiger partial charge in [0.05, 0.1) is 19.3 Å². The van der Waals surface area contributed by atoms with Crippen molar-refractivity contribution in [2.24, 2.45) is 0 Å². The number of aliphatic carboxylic acids is 6. The number of carboxylic acid groups (broad SMARTS) is 6. The second kappa shape index (κ2) is 36.6. The minimum atomic E-state index is -1.39. The Balaban J connectivity index is -0.000000112. The Morgan fingerprint density at radius 3 is 0.762 bits per heavy atom. The summed E-state index contributed by atoms with van der Waals surface area (Å²) in [6.07, 6.45) is -2.72. The van der Waals surface area contributed by atoms with Crippen molar-refractivity contribution >= 4 is 53.7 Å². The fourth-order valence-corrected chi connectivity index (χ4v) is 1.17. The molecule has 0 rings (SSSR count). The van der Waals surface area contributed by atoms with Crippen molar-refractivity contribution < 1.29 is 235 Å². The van der Waals surface area contributed by atoms with Gasteiger partial charge in [-0.3, -0.25) is 14.7 Å². The van der Waals surface area contributed by atoms with Crippen LogP contribution in [0.4, 0.5) is 0 Å². The summed E-state index contributed by atoms with van der Waals surface area (Å²) >= 11 is 0. The first kappa shape index (κ1) is 53.9. The molecule has 0 aromatic carbocycles. The van der Waals surface area contributed by atoms with Crippen LogP contribution in [0.25, 0.3) is 0 Å². The number of carbonyl (C=O) groups is 9. The number of carbonyl (C=O) groups excluding carboxylic acids is 6. The summed E-state index contributed by atoms with van der Waals surface area (Å²) in [7, 11) is 0. The molecule has 0 unspecified atom stereocenters. The van der Waals surface area contributed by atoms with E-state index in [1.54, 1.807) is 0 Å². The largest absolute Gasteiger partial charge is 1.00 e. The predicted molar refractivity (Wildman–Crippen MR) is 102 cm³/mol. The van der Waals surface area contributed by atoms with E-state index in [0.29, 0.717) is 0 Å². The molecule has 0 aliphatic carbocycles. The Hall–Kier alpha value is -0.617. The van der Waals surface area contributed by atoms with Gasteiger partial charge >= 0.3 is 168 Å². The van der Waals surface area contributed by atoms with Crippen LogP contribution >= 0.6 is 0 Å². The van der Waals surface area contributed by atoms with Crippen LogP contribution in [0.3, 0.4) is 0 Å². The Kier molecular flexibility index (Phi) is 46.9. The molecule has 0 aliphatic heterocycles. The number of hydrogen-bond donors (Lipinski definition) is 3. The Morgan fingerprint density at radius 1 is 0.429 bits per heavy atom. The van der Waals surface area contributed by atoms with Crippen molar-refractivity contribution in [2.45, 2.75) is 38.5 Å². The van der Waals surface area contributed by atoms with Crippen LogP contribution in [0.15, 0.2) is 0 Å². The molecular weight excluding hydrogens is 653 g/mol. The van der Waals surface area contributed by atoms with E-state index in [1.165, 1.54) is 0 Å². The van der Waals surface area contributed by atoms with E-state index in [1.807, 2.05) is 0 Å². The zero-order valence-electron chi connectivity index (χ0n) is 22.6. The van der Waals surface area contributed by atoms with Crippen molar-refractivity contribution in [3.05, 3.63) is 0 Å². The molecule has 0 radical (unpaired) electrons. The summed E-state index contributed by atoms with van der Waals surface area (Å²) in [4.78, 5) is 114. The van der Waals surface area contributed by atoms with Crippen LogP contribution in [0.1, 0.15) is 38.5 Å². The van der Waals surface area contributed by atoms with Crippen LogP contribution < -0.4 is 148 Å². The number of hydrogen-bond acceptors (Lipinski definition) is 18. The molecule has 0 saturated heterocycles. The maximum atomic E-state index is 10.5. The second-order valence-corrected chi connectivity index (χ2v) is 5.95. The third-order valence-electron chi connectivity index (χ3n) is 2.60. The van der Waals surface area contributed by atoms with Crippen molar-refractivity contribution in [1.82, 2.24) is 0 Å². The average molecular weight is 675 g/mol. The van der Waals surface area contributed by atoms with Crippen molar-refractivity contribution in [3.8, 4) is 0 Å². The maximum Gasteiger partial charge on any atom is 1.00 e. The molecule has 24 heteroatoms. The fourth-order valence-electron chi connectivity index (χ4n) is 1.17. The predicted octanol–water partition coefficient (Wildman–Crippen LogP) is -14.8. The summed E-state index contributed by atoms with van der Waals surface area (Å²) in [5, 5.41) is 53.6. The van der Waals surface area contributed by atoms with Crippen molar-refractivity contribution in [1.29, 1.82) is 0 Å². The van der Waals surface area contributed by atoms with Gasteiger partial charge in [-0.15, -0.1) is 0 Å². The molecule has 0 heterocycles. The minimum absolute atomic E-state index is 0. The summed E-state index contributed by atoms with van der Waals surface area (Å²) in [5.74, 6) is -10.9. The number of carboxylic acids is 6. The molecule has 0 amide bonds. The molecule has 0 aromatic heterocycles. The molecule has 0 saturated carbocycles. The summed E-state index contributed by atoms with van der Waals surface area (Å²) < 4.78 is 0. The van der Waals surface area contributed by atoms with Gasteiger partial charge in [-0.1, -0.05) is 0 Å². The van der Waals surface area contributed by atoms with Gasteiger partial charge in [0.1, 0.15) is 0 Å². The van der Waals surface area contributed by atoms with Crippen LogP contribution in [0.5, 0.6) is 0 Å². The zero-order chi connectivity index (χ0) is 30.8. The SMILES string of the molecule is O=C([O-])CCC(=O)OOCC(=O)O.O=C([O-])CCC(=O)OOCC(=O)O.O=C([O-])CCC(=O)OOCC(=O)O.[K+].[K+].[Na+]. The summed E-state index contributed by atoms with van der Waals surface area (Å²) in [6, 6.07) is 0. The molecule has 0 aromatic rings. The number of rotatable bonds is 18. The smallest absolute Gasteiger partial charge is 0.550 e. The summed E-state index contributed by atoms with van der Waals surface area (Å²) in [6.45, 7) is -2.34. The van der Waals surface area contributed by atoms with E-state index in [4.69, 9.17) is 15.3 Å². The molecular formula is C18H21K2NaO21. The molecule has 0 atom stereocenters. The third kappa shape index (κ3) is 55.3. The Morgan fingerprint density at radius 2 is 0.619 bits per heavy atom. The van der Waals surface area contributed by atoms with Crippen LogP contribution in [0, 0.1) is 0 Å². The van der Waals surface area contributed by atoms with E-state index in [-0.39, 0.29) is 132 Å². The minimum Gasteiger partial charge on any atom is -0.550 e. The third-order valence-corrected chi connectivity index (χ3v) is 2.60. The molecule has 0 spiro atoms. The van der Waals surface area contributed by atoms with Crippen LogP contribution in [-0.2, 0) is 72.5 Å². The fraction of sp³-hybridized carbons (Fsp3) is 0.500. The molecule has 42 heavy (non-hydrogen) atoms. The normalized spacial score (nSPS) is 8.57. The van der Waals surface area contributed by atoms with Crippen molar-refractivity contribution in [3.63, 3.8) is 0 Å².